The Balaban J connectivity index is 2.45. The van der Waals surface area contributed by atoms with E-state index >= 15 is 0 Å². The second-order valence-corrected chi connectivity index (χ2v) is 13.7. The van der Waals surface area contributed by atoms with E-state index in [0.717, 1.165) is 70.6 Å². The number of carbonyl (C=O) groups excluding carboxylic acids is 2. The molecular weight excluding hydrogens is 725 g/mol. The van der Waals surface area contributed by atoms with E-state index in [1.165, 1.54) is 0 Å². The van der Waals surface area contributed by atoms with E-state index in [2.05, 4.69) is 117 Å². The Morgan fingerprint density at radius 3 is 1.46 bits per heavy atom. The molecule has 0 bridgehead atoms. The molecule has 1 heterocycles. The minimum atomic E-state index is -1.62. The molecule has 0 aromatic heterocycles. The van der Waals surface area contributed by atoms with Crippen molar-refractivity contribution in [3.8, 4) is 0 Å². The van der Waals surface area contributed by atoms with Gasteiger partial charge in [-0.15, -0.1) is 0 Å². The zero-order valence-corrected chi connectivity index (χ0v) is 34.5. The lowest BCUT2D eigenvalue weighted by molar-refractivity contribution is -0.305. The second-order valence-electron chi connectivity index (χ2n) is 13.7. The summed E-state index contributed by atoms with van der Waals surface area (Å²) in [7, 11) is 0. The highest BCUT2D eigenvalue weighted by Crippen LogP contribution is 2.22. The molecule has 1 rings (SSSR count). The number of allylic oxidation sites excluding steroid dienone is 18. The Kier molecular flexibility index (Phi) is 33.1. The van der Waals surface area contributed by atoms with Crippen LogP contribution in [0.1, 0.15) is 117 Å². The fraction of sp³-hybridized carbons (Fsp3) is 0.574. The molecule has 0 spiro atoms. The summed E-state index contributed by atoms with van der Waals surface area (Å²) in [6.07, 6.45) is 42.5. The van der Waals surface area contributed by atoms with Crippen LogP contribution in [0.4, 0.5) is 0 Å². The zero-order chi connectivity index (χ0) is 41.6. The van der Waals surface area contributed by atoms with Gasteiger partial charge in [0.05, 0.1) is 13.2 Å². The molecule has 1 saturated heterocycles. The Labute approximate surface area is 342 Å². The van der Waals surface area contributed by atoms with E-state index in [9.17, 15) is 30.0 Å². The van der Waals surface area contributed by atoms with Crippen LogP contribution >= 0.6 is 0 Å². The Bertz CT molecular complexity index is 1290. The molecule has 0 aliphatic carbocycles. The Hall–Kier alpha value is -3.64. The topological polar surface area (TPSA) is 152 Å². The van der Waals surface area contributed by atoms with Crippen molar-refractivity contribution in [2.75, 3.05) is 19.8 Å². The van der Waals surface area contributed by atoms with E-state index in [1.807, 2.05) is 6.08 Å². The van der Waals surface area contributed by atoms with Crippen LogP contribution in [0.5, 0.6) is 0 Å². The van der Waals surface area contributed by atoms with Crippen LogP contribution in [0.2, 0.25) is 0 Å². The first-order valence-corrected chi connectivity index (χ1v) is 21.0. The molecule has 0 radical (unpaired) electrons. The van der Waals surface area contributed by atoms with Gasteiger partial charge in [-0.1, -0.05) is 123 Å². The number of esters is 2. The molecule has 0 aromatic carbocycles. The minimum Gasteiger partial charge on any atom is -0.462 e. The van der Waals surface area contributed by atoms with Crippen LogP contribution in [0.25, 0.3) is 0 Å². The van der Waals surface area contributed by atoms with E-state index in [1.54, 1.807) is 0 Å². The van der Waals surface area contributed by atoms with Crippen LogP contribution in [0.3, 0.4) is 0 Å². The molecule has 1 aliphatic heterocycles. The predicted octanol–water partition coefficient (Wildman–Crippen LogP) is 8.55. The van der Waals surface area contributed by atoms with Gasteiger partial charge < -0.3 is 39.4 Å². The number of aliphatic hydroxyl groups is 4. The highest BCUT2D eigenvalue weighted by molar-refractivity contribution is 5.70. The van der Waals surface area contributed by atoms with Crippen molar-refractivity contribution < 1.29 is 49.0 Å². The van der Waals surface area contributed by atoms with Gasteiger partial charge in [-0.2, -0.15) is 0 Å². The summed E-state index contributed by atoms with van der Waals surface area (Å²) in [5.74, 6) is -0.939. The molecule has 0 amide bonds. The fourth-order valence-electron chi connectivity index (χ4n) is 5.39. The molecule has 0 saturated carbocycles. The number of carbonyl (C=O) groups is 2. The van der Waals surface area contributed by atoms with Gasteiger partial charge in [0.25, 0.3) is 0 Å². The average molecular weight is 797 g/mol. The summed E-state index contributed by atoms with van der Waals surface area (Å²) < 4.78 is 22.0. The summed E-state index contributed by atoms with van der Waals surface area (Å²) in [6.45, 7) is 3.06. The molecule has 1 aliphatic rings. The summed E-state index contributed by atoms with van der Waals surface area (Å²) in [5, 5.41) is 40.0. The second kappa shape index (κ2) is 36.7. The first kappa shape index (κ1) is 51.4. The van der Waals surface area contributed by atoms with Gasteiger partial charge in [-0.3, -0.25) is 9.59 Å². The standard InChI is InChI=1S/C47H72O10/c1-3-5-7-9-11-13-15-17-19-20-22-23-25-27-29-31-33-35-42(49)54-38-40(39-55-47-46(53)45(52)44(51)41(37-48)57-47)56-43(50)36-34-32-30-28-26-24-21-18-16-14-12-10-8-6-4-2/h5-8,11-14,17-19,21-23,26-29,40-41,44-48,51-53H,3-4,9-10,15-16,20,24-25,30-39H2,1-2H3/b7-5-,8-6-,13-11-,14-12-,19-17-,21-18-,23-22-,28-26-,29-27-/t40?,41-,44+,45+,46-,47-/m1/s1. The van der Waals surface area contributed by atoms with Gasteiger partial charge in [0.2, 0.25) is 0 Å². The van der Waals surface area contributed by atoms with Gasteiger partial charge >= 0.3 is 11.9 Å². The van der Waals surface area contributed by atoms with Crippen molar-refractivity contribution in [1.29, 1.82) is 0 Å². The smallest absolute Gasteiger partial charge is 0.306 e. The lowest BCUT2D eigenvalue weighted by atomic mass is 9.99. The quantitative estimate of drug-likeness (QED) is 0.0296. The molecule has 1 fully saturated rings. The number of ether oxygens (including phenoxy) is 4. The van der Waals surface area contributed by atoms with E-state index in [0.29, 0.717) is 19.3 Å². The zero-order valence-electron chi connectivity index (χ0n) is 34.5. The molecule has 4 N–H and O–H groups in total. The first-order valence-electron chi connectivity index (χ1n) is 21.0. The van der Waals surface area contributed by atoms with Crippen LogP contribution in [-0.2, 0) is 28.5 Å². The van der Waals surface area contributed by atoms with Crippen LogP contribution in [0.15, 0.2) is 109 Å². The maximum absolute atomic E-state index is 12.7. The average Bonchev–Trinajstić information content (AvgIpc) is 3.21. The summed E-state index contributed by atoms with van der Waals surface area (Å²) in [4.78, 5) is 25.2. The number of hydrogen-bond acceptors (Lipinski definition) is 10. The van der Waals surface area contributed by atoms with Crippen LogP contribution in [0, 0.1) is 0 Å². The number of hydrogen-bond donors (Lipinski definition) is 4. The van der Waals surface area contributed by atoms with Crippen LogP contribution < -0.4 is 0 Å². The van der Waals surface area contributed by atoms with Crippen molar-refractivity contribution in [3.63, 3.8) is 0 Å². The highest BCUT2D eigenvalue weighted by Gasteiger charge is 2.44. The van der Waals surface area contributed by atoms with Gasteiger partial charge in [-0.05, 0) is 89.9 Å². The first-order chi connectivity index (χ1) is 27.8. The minimum absolute atomic E-state index is 0.158. The van der Waals surface area contributed by atoms with Crippen LogP contribution in [-0.4, -0.2) is 89.0 Å². The van der Waals surface area contributed by atoms with E-state index in [-0.39, 0.29) is 26.1 Å². The normalized spacial score (nSPS) is 21.4. The molecule has 10 heteroatoms. The van der Waals surface area contributed by atoms with Gasteiger partial charge in [-0.25, -0.2) is 0 Å². The molecular formula is C47H72O10. The van der Waals surface area contributed by atoms with Crippen molar-refractivity contribution in [2.45, 2.75) is 153 Å². The molecule has 6 atom stereocenters. The monoisotopic (exact) mass is 797 g/mol. The summed E-state index contributed by atoms with van der Waals surface area (Å²) >= 11 is 0. The lowest BCUT2D eigenvalue weighted by Crippen LogP contribution is -2.59. The third-order valence-electron chi connectivity index (χ3n) is 8.65. The SMILES string of the molecule is CC/C=C\C/C=C\C/C=C\C/C=C\C/C=C\CCCC(=O)OCC(CO[C@@H]1O[C@H](CO)[C@H](O)[C@H](O)[C@H]1O)OC(=O)CCCC/C=C\C/C=C\C/C=C\C/C=C\CC. The highest BCUT2D eigenvalue weighted by atomic mass is 16.7. The van der Waals surface area contributed by atoms with Crippen molar-refractivity contribution >= 4 is 11.9 Å². The van der Waals surface area contributed by atoms with Crippen molar-refractivity contribution in [2.24, 2.45) is 0 Å². The lowest BCUT2D eigenvalue weighted by Gasteiger charge is -2.39. The van der Waals surface area contributed by atoms with E-state index in [4.69, 9.17) is 18.9 Å². The van der Waals surface area contributed by atoms with Crippen molar-refractivity contribution in [1.82, 2.24) is 0 Å². The van der Waals surface area contributed by atoms with Crippen molar-refractivity contribution in [3.05, 3.63) is 109 Å². The van der Waals surface area contributed by atoms with Gasteiger partial charge in [0, 0.05) is 12.8 Å². The molecule has 1 unspecified atom stereocenters. The number of unbranched alkanes of at least 4 members (excludes halogenated alkanes) is 3. The molecule has 320 valence electrons. The Morgan fingerprint density at radius 2 is 0.982 bits per heavy atom. The molecule has 57 heavy (non-hydrogen) atoms. The third-order valence-corrected chi connectivity index (χ3v) is 8.65. The summed E-state index contributed by atoms with van der Waals surface area (Å²) in [5.41, 5.74) is 0. The number of aliphatic hydroxyl groups excluding tert-OH is 4. The fourth-order valence-corrected chi connectivity index (χ4v) is 5.39. The predicted molar refractivity (Wildman–Crippen MR) is 228 cm³/mol. The Morgan fingerprint density at radius 1 is 0.544 bits per heavy atom. The molecule has 0 aromatic rings. The maximum atomic E-state index is 12.7. The largest absolute Gasteiger partial charge is 0.462 e. The molecule has 10 nitrogen and oxygen atoms in total. The number of rotatable bonds is 32. The van der Waals surface area contributed by atoms with Gasteiger partial charge in [0.15, 0.2) is 12.4 Å². The van der Waals surface area contributed by atoms with E-state index < -0.39 is 55.4 Å². The maximum Gasteiger partial charge on any atom is 0.306 e. The van der Waals surface area contributed by atoms with Gasteiger partial charge in [0.1, 0.15) is 31.0 Å². The third kappa shape index (κ3) is 28.4. The summed E-state index contributed by atoms with van der Waals surface area (Å²) in [6, 6.07) is 0.